The molecule has 8 nitrogen and oxygen atoms in total. The Morgan fingerprint density at radius 1 is 1.03 bits per heavy atom. The Hall–Kier alpha value is -3.23. The molecule has 33 heavy (non-hydrogen) atoms. The van der Waals surface area contributed by atoms with Crippen molar-refractivity contribution in [3.05, 3.63) is 72.1 Å². The maximum atomic E-state index is 9.33. The lowest BCUT2D eigenvalue weighted by Crippen LogP contribution is -2.37. The Kier molecular flexibility index (Phi) is 6.64. The molecule has 1 aliphatic rings. The van der Waals surface area contributed by atoms with Gasteiger partial charge in [0.2, 0.25) is 0 Å². The van der Waals surface area contributed by atoms with Crippen molar-refractivity contribution in [2.24, 2.45) is 5.92 Å². The van der Waals surface area contributed by atoms with Gasteiger partial charge < -0.3 is 24.3 Å². The van der Waals surface area contributed by atoms with Crippen molar-refractivity contribution < 1.29 is 9.52 Å². The quantitative estimate of drug-likeness (QED) is 0.407. The number of furan rings is 1. The number of rotatable bonds is 9. The van der Waals surface area contributed by atoms with Crippen LogP contribution in [-0.4, -0.2) is 55.9 Å². The molecule has 4 heterocycles. The number of aliphatic hydroxyl groups excluding tert-OH is 1. The number of likely N-dealkylation sites (tertiary alicyclic amines) is 1. The van der Waals surface area contributed by atoms with Crippen LogP contribution in [0, 0.1) is 5.92 Å². The van der Waals surface area contributed by atoms with Gasteiger partial charge in [0.1, 0.15) is 29.8 Å². The zero-order valence-corrected chi connectivity index (χ0v) is 18.7. The van der Waals surface area contributed by atoms with Crippen molar-refractivity contribution in [3.8, 4) is 0 Å². The molecule has 1 fully saturated rings. The number of hydrogen-bond donors (Lipinski definition) is 2. The second kappa shape index (κ2) is 10.1. The third-order valence-electron chi connectivity index (χ3n) is 6.41. The minimum Gasteiger partial charge on any atom is -0.462 e. The summed E-state index contributed by atoms with van der Waals surface area (Å²) in [5, 5.41) is 20.6. The zero-order valence-electron chi connectivity index (χ0n) is 18.7. The van der Waals surface area contributed by atoms with Crippen molar-refractivity contribution in [2.75, 3.05) is 31.5 Å². The highest BCUT2D eigenvalue weighted by atomic mass is 16.4. The number of anilines is 1. The van der Waals surface area contributed by atoms with Crippen LogP contribution in [0.4, 0.5) is 5.82 Å². The standard InChI is InChI=1S/C25H30N6O2/c32-18-21-8-7-20(33-21)17-31-23-5-2-1-4-22(23)28-25(31)16-19-9-13-30(14-10-19)15-12-26-24-6-3-11-27-29-24/h1-8,11,19,32H,9-10,12-18H2,(H,26,29). The van der Waals surface area contributed by atoms with E-state index in [1.54, 1.807) is 6.20 Å². The van der Waals surface area contributed by atoms with Gasteiger partial charge in [-0.15, -0.1) is 5.10 Å². The van der Waals surface area contributed by atoms with E-state index >= 15 is 0 Å². The third-order valence-corrected chi connectivity index (χ3v) is 6.41. The lowest BCUT2D eigenvalue weighted by molar-refractivity contribution is 0.188. The molecule has 0 radical (unpaired) electrons. The molecule has 0 aliphatic carbocycles. The summed E-state index contributed by atoms with van der Waals surface area (Å²) in [7, 11) is 0. The molecule has 1 aromatic carbocycles. The summed E-state index contributed by atoms with van der Waals surface area (Å²) in [5.41, 5.74) is 2.15. The van der Waals surface area contributed by atoms with Crippen LogP contribution in [0.2, 0.25) is 0 Å². The second-order valence-electron chi connectivity index (χ2n) is 8.65. The fraction of sp³-hybridized carbons (Fsp3) is 0.400. The van der Waals surface area contributed by atoms with Crippen LogP contribution >= 0.6 is 0 Å². The van der Waals surface area contributed by atoms with Crippen LogP contribution in [0.5, 0.6) is 0 Å². The average molecular weight is 447 g/mol. The lowest BCUT2D eigenvalue weighted by Gasteiger charge is -2.32. The normalized spacial score (nSPS) is 15.3. The van der Waals surface area contributed by atoms with E-state index < -0.39 is 0 Å². The van der Waals surface area contributed by atoms with Gasteiger partial charge >= 0.3 is 0 Å². The first-order valence-electron chi connectivity index (χ1n) is 11.6. The largest absolute Gasteiger partial charge is 0.462 e. The van der Waals surface area contributed by atoms with Gasteiger partial charge in [0.05, 0.1) is 17.6 Å². The summed E-state index contributed by atoms with van der Waals surface area (Å²) in [5.74, 6) is 4.00. The van der Waals surface area contributed by atoms with Crippen molar-refractivity contribution in [1.82, 2.24) is 24.6 Å². The predicted octanol–water partition coefficient (Wildman–Crippen LogP) is 3.33. The first-order valence-corrected chi connectivity index (χ1v) is 11.6. The number of nitrogens with one attached hydrogen (secondary N) is 1. The molecule has 5 rings (SSSR count). The Bertz CT molecular complexity index is 1160. The van der Waals surface area contributed by atoms with Gasteiger partial charge in [-0.2, -0.15) is 5.10 Å². The molecule has 1 saturated heterocycles. The number of benzene rings is 1. The highest BCUT2D eigenvalue weighted by molar-refractivity contribution is 5.76. The number of fused-ring (bicyclic) bond motifs is 1. The molecule has 0 amide bonds. The van der Waals surface area contributed by atoms with E-state index in [1.807, 2.05) is 30.3 Å². The monoisotopic (exact) mass is 446 g/mol. The number of hydrogen-bond acceptors (Lipinski definition) is 7. The van der Waals surface area contributed by atoms with E-state index in [4.69, 9.17) is 9.40 Å². The first kappa shape index (κ1) is 21.6. The predicted molar refractivity (Wildman–Crippen MR) is 127 cm³/mol. The molecule has 0 saturated carbocycles. The summed E-state index contributed by atoms with van der Waals surface area (Å²) in [4.78, 5) is 7.48. The van der Waals surface area contributed by atoms with Crippen LogP contribution in [0.15, 0.2) is 59.1 Å². The van der Waals surface area contributed by atoms with Crippen LogP contribution in [0.25, 0.3) is 11.0 Å². The Labute approximate surface area is 193 Å². The number of piperidine rings is 1. The van der Waals surface area contributed by atoms with Crippen molar-refractivity contribution in [2.45, 2.75) is 32.4 Å². The van der Waals surface area contributed by atoms with E-state index in [2.05, 4.69) is 43.2 Å². The highest BCUT2D eigenvalue weighted by Crippen LogP contribution is 2.25. The number of nitrogens with zero attached hydrogens (tertiary/aromatic N) is 5. The van der Waals surface area contributed by atoms with Crippen molar-refractivity contribution in [1.29, 1.82) is 0 Å². The van der Waals surface area contributed by atoms with Crippen molar-refractivity contribution in [3.63, 3.8) is 0 Å². The van der Waals surface area contributed by atoms with Crippen LogP contribution < -0.4 is 5.32 Å². The molecular formula is C25H30N6O2. The molecule has 8 heteroatoms. The molecule has 3 aromatic heterocycles. The summed E-state index contributed by atoms with van der Waals surface area (Å²) in [6.45, 7) is 4.63. The maximum Gasteiger partial charge on any atom is 0.148 e. The van der Waals surface area contributed by atoms with Crippen LogP contribution in [0.3, 0.4) is 0 Å². The topological polar surface area (TPSA) is 92.2 Å². The summed E-state index contributed by atoms with van der Waals surface area (Å²) in [6.07, 6.45) is 4.99. The molecule has 172 valence electrons. The van der Waals surface area contributed by atoms with E-state index in [1.165, 1.54) is 12.8 Å². The molecule has 0 spiro atoms. The lowest BCUT2D eigenvalue weighted by atomic mass is 9.93. The summed E-state index contributed by atoms with van der Waals surface area (Å²) >= 11 is 0. The molecular weight excluding hydrogens is 416 g/mol. The van der Waals surface area contributed by atoms with Gasteiger partial charge in [0.25, 0.3) is 0 Å². The highest BCUT2D eigenvalue weighted by Gasteiger charge is 2.22. The Morgan fingerprint density at radius 2 is 1.88 bits per heavy atom. The molecule has 1 aliphatic heterocycles. The molecule has 4 aromatic rings. The molecule has 0 bridgehead atoms. The fourth-order valence-electron chi connectivity index (χ4n) is 4.62. The second-order valence-corrected chi connectivity index (χ2v) is 8.65. The molecule has 2 N–H and O–H groups in total. The minimum atomic E-state index is -0.0790. The number of aromatic nitrogens is 4. The van der Waals surface area contributed by atoms with Crippen LogP contribution in [-0.2, 0) is 19.6 Å². The van der Waals surface area contributed by atoms with Gasteiger partial charge in [0.15, 0.2) is 0 Å². The van der Waals surface area contributed by atoms with Gasteiger partial charge in [-0.25, -0.2) is 4.98 Å². The SMILES string of the molecule is OCc1ccc(Cn2c(CC3CCN(CCNc4cccnn4)CC3)nc3ccccc32)o1. The maximum absolute atomic E-state index is 9.33. The van der Waals surface area contributed by atoms with Crippen molar-refractivity contribution >= 4 is 16.9 Å². The Morgan fingerprint density at radius 3 is 2.67 bits per heavy atom. The van der Waals surface area contributed by atoms with E-state index in [0.717, 1.165) is 61.0 Å². The fourth-order valence-corrected chi connectivity index (χ4v) is 4.62. The van der Waals surface area contributed by atoms with E-state index in [-0.39, 0.29) is 6.61 Å². The first-order chi connectivity index (χ1) is 16.3. The number of imidazole rings is 1. The average Bonchev–Trinajstić information content (AvgIpc) is 3.46. The van der Waals surface area contributed by atoms with Gasteiger partial charge in [-0.3, -0.25) is 0 Å². The Balaban J connectivity index is 1.20. The molecule has 0 unspecified atom stereocenters. The minimum absolute atomic E-state index is 0.0790. The van der Waals surface area contributed by atoms with Gasteiger partial charge in [-0.1, -0.05) is 12.1 Å². The number of para-hydroxylation sites is 2. The zero-order chi connectivity index (χ0) is 22.5. The number of aliphatic hydroxyl groups is 1. The summed E-state index contributed by atoms with van der Waals surface area (Å²) in [6, 6.07) is 15.9. The van der Waals surface area contributed by atoms with Gasteiger partial charge in [-0.05, 0) is 68.2 Å². The van der Waals surface area contributed by atoms with E-state index in [0.29, 0.717) is 18.2 Å². The van der Waals surface area contributed by atoms with Gasteiger partial charge in [0, 0.05) is 25.7 Å². The smallest absolute Gasteiger partial charge is 0.148 e. The van der Waals surface area contributed by atoms with E-state index in [9.17, 15) is 5.11 Å². The molecule has 0 atom stereocenters. The summed E-state index contributed by atoms with van der Waals surface area (Å²) < 4.78 is 8.03. The third kappa shape index (κ3) is 5.23. The van der Waals surface area contributed by atoms with Crippen LogP contribution in [0.1, 0.15) is 30.2 Å².